The Labute approximate surface area is 156 Å². The second-order valence-electron chi connectivity index (χ2n) is 5.98. The van der Waals surface area contributed by atoms with E-state index in [1.807, 2.05) is 24.3 Å². The Morgan fingerprint density at radius 2 is 1.96 bits per heavy atom. The second-order valence-corrected chi connectivity index (χ2v) is 7.81. The molecule has 1 atom stereocenters. The average molecular weight is 416 g/mol. The molecule has 1 N–H and O–H groups in total. The monoisotopic (exact) mass is 415 g/mol. The first-order valence-electron chi connectivity index (χ1n) is 7.82. The normalized spacial score (nSPS) is 16.1. The summed E-state index contributed by atoms with van der Waals surface area (Å²) in [4.78, 5) is 24.1. The van der Waals surface area contributed by atoms with E-state index in [1.165, 1.54) is 16.3 Å². The first kappa shape index (κ1) is 16.4. The Bertz CT molecular complexity index is 1050. The first-order chi connectivity index (χ1) is 12.1. The summed E-state index contributed by atoms with van der Waals surface area (Å²) in [6, 6.07) is 15.4. The molecule has 0 amide bonds. The molecule has 4 nitrogen and oxygen atoms in total. The molecule has 0 saturated heterocycles. The fraction of sp³-hybridized carbons (Fsp3) is 0.158. The van der Waals surface area contributed by atoms with Gasteiger partial charge in [-0.25, -0.2) is 4.79 Å². The first-order valence-corrected chi connectivity index (χ1v) is 9.60. The SMILES string of the molecule is O=C(O)C1CSc2cc(Cc3cccc4ccccc34)c(Br)c(=O)n21. The number of benzene rings is 2. The van der Waals surface area contributed by atoms with E-state index in [1.54, 1.807) is 0 Å². The summed E-state index contributed by atoms with van der Waals surface area (Å²) < 4.78 is 1.82. The fourth-order valence-corrected chi connectivity index (χ4v) is 4.87. The highest BCUT2D eigenvalue weighted by atomic mass is 79.9. The number of carboxylic acids is 1. The van der Waals surface area contributed by atoms with E-state index in [4.69, 9.17) is 0 Å². The number of carbonyl (C=O) groups is 1. The lowest BCUT2D eigenvalue weighted by Gasteiger charge is -2.13. The maximum Gasteiger partial charge on any atom is 0.327 e. The molecule has 2 heterocycles. The molecule has 1 aliphatic heterocycles. The van der Waals surface area contributed by atoms with Gasteiger partial charge in [0.2, 0.25) is 0 Å². The van der Waals surface area contributed by atoms with Gasteiger partial charge in [0.05, 0.1) is 9.50 Å². The van der Waals surface area contributed by atoms with Gasteiger partial charge in [-0.15, -0.1) is 11.8 Å². The number of thioether (sulfide) groups is 1. The van der Waals surface area contributed by atoms with Crippen LogP contribution in [0.3, 0.4) is 0 Å². The van der Waals surface area contributed by atoms with E-state index in [0.29, 0.717) is 16.6 Å². The third kappa shape index (κ3) is 2.79. The minimum atomic E-state index is -0.970. The Morgan fingerprint density at radius 3 is 2.76 bits per heavy atom. The topological polar surface area (TPSA) is 59.3 Å². The van der Waals surface area contributed by atoms with Crippen molar-refractivity contribution in [2.45, 2.75) is 17.5 Å². The molecule has 0 spiro atoms. The predicted octanol–water partition coefficient (Wildman–Crippen LogP) is 4.09. The van der Waals surface area contributed by atoms with Gasteiger partial charge in [-0.2, -0.15) is 0 Å². The maximum absolute atomic E-state index is 12.7. The minimum absolute atomic E-state index is 0.273. The molecule has 2 aromatic carbocycles. The number of carboxylic acid groups (broad SMARTS) is 1. The highest BCUT2D eigenvalue weighted by molar-refractivity contribution is 9.10. The summed E-state index contributed by atoms with van der Waals surface area (Å²) in [6.07, 6.45) is 0.614. The van der Waals surface area contributed by atoms with Gasteiger partial charge in [0.1, 0.15) is 6.04 Å². The number of hydrogen-bond acceptors (Lipinski definition) is 3. The number of halogens is 1. The number of pyridine rings is 1. The molecule has 25 heavy (non-hydrogen) atoms. The highest BCUT2D eigenvalue weighted by Gasteiger charge is 2.31. The van der Waals surface area contributed by atoms with Gasteiger partial charge in [-0.1, -0.05) is 42.5 Å². The number of aliphatic carboxylic acids is 1. The number of fused-ring (bicyclic) bond motifs is 2. The average Bonchev–Trinajstić information content (AvgIpc) is 3.04. The van der Waals surface area contributed by atoms with Gasteiger partial charge in [0.15, 0.2) is 0 Å². The molecule has 0 saturated carbocycles. The van der Waals surface area contributed by atoms with Gasteiger partial charge >= 0.3 is 5.97 Å². The smallest absolute Gasteiger partial charge is 0.327 e. The van der Waals surface area contributed by atoms with Crippen molar-refractivity contribution in [3.63, 3.8) is 0 Å². The van der Waals surface area contributed by atoms with Crippen LogP contribution in [0.2, 0.25) is 0 Å². The van der Waals surface area contributed by atoms with Crippen LogP contribution >= 0.6 is 27.7 Å². The molecule has 0 radical (unpaired) electrons. The van der Waals surface area contributed by atoms with Crippen LogP contribution in [0.5, 0.6) is 0 Å². The number of hydrogen-bond donors (Lipinski definition) is 1. The number of aromatic nitrogens is 1. The van der Waals surface area contributed by atoms with E-state index in [0.717, 1.165) is 26.9 Å². The lowest BCUT2D eigenvalue weighted by molar-refractivity contribution is -0.140. The molecular weight excluding hydrogens is 402 g/mol. The van der Waals surface area contributed by atoms with Gasteiger partial charge in [0, 0.05) is 5.75 Å². The van der Waals surface area contributed by atoms with Crippen molar-refractivity contribution in [2.24, 2.45) is 0 Å². The van der Waals surface area contributed by atoms with Crippen molar-refractivity contribution in [2.75, 3.05) is 5.75 Å². The summed E-state index contributed by atoms with van der Waals surface area (Å²) >= 11 is 4.81. The van der Waals surface area contributed by atoms with E-state index >= 15 is 0 Å². The van der Waals surface area contributed by atoms with Crippen molar-refractivity contribution < 1.29 is 9.90 Å². The van der Waals surface area contributed by atoms with E-state index in [2.05, 4.69) is 40.2 Å². The number of rotatable bonds is 3. The zero-order valence-corrected chi connectivity index (χ0v) is 15.5. The Kier molecular flexibility index (Phi) is 4.17. The second kappa shape index (κ2) is 6.35. The quantitative estimate of drug-likeness (QED) is 0.699. The Hall–Kier alpha value is -2.05. The van der Waals surface area contributed by atoms with Crippen molar-refractivity contribution >= 4 is 44.4 Å². The summed E-state index contributed by atoms with van der Waals surface area (Å²) in [5.41, 5.74) is 1.75. The molecule has 3 aromatic rings. The summed E-state index contributed by atoms with van der Waals surface area (Å²) in [7, 11) is 0. The Balaban J connectivity index is 1.81. The summed E-state index contributed by atoms with van der Waals surface area (Å²) in [5.74, 6) is -0.587. The third-order valence-electron chi connectivity index (χ3n) is 4.47. The van der Waals surface area contributed by atoms with Crippen LogP contribution in [0.15, 0.2) is 62.8 Å². The number of nitrogens with zero attached hydrogens (tertiary/aromatic N) is 1. The molecule has 4 rings (SSSR count). The highest BCUT2D eigenvalue weighted by Crippen LogP contribution is 2.35. The van der Waals surface area contributed by atoms with Crippen LogP contribution in [-0.4, -0.2) is 21.4 Å². The molecular formula is C19H14BrNO3S. The van der Waals surface area contributed by atoms with Gasteiger partial charge in [-0.05, 0) is 50.3 Å². The summed E-state index contributed by atoms with van der Waals surface area (Å²) in [6.45, 7) is 0. The lowest BCUT2D eigenvalue weighted by Crippen LogP contribution is -2.29. The van der Waals surface area contributed by atoms with Crippen LogP contribution in [-0.2, 0) is 11.2 Å². The molecule has 0 aliphatic carbocycles. The van der Waals surface area contributed by atoms with E-state index in [-0.39, 0.29) is 5.56 Å². The van der Waals surface area contributed by atoms with Gasteiger partial charge in [0.25, 0.3) is 5.56 Å². The van der Waals surface area contributed by atoms with Crippen LogP contribution in [0, 0.1) is 0 Å². The molecule has 0 bridgehead atoms. The van der Waals surface area contributed by atoms with Crippen molar-refractivity contribution in [1.29, 1.82) is 0 Å². The summed E-state index contributed by atoms with van der Waals surface area (Å²) in [5, 5.41) is 12.4. The zero-order chi connectivity index (χ0) is 17.6. The van der Waals surface area contributed by atoms with Crippen molar-refractivity contribution in [3.05, 3.63) is 74.5 Å². The third-order valence-corrected chi connectivity index (χ3v) is 6.41. The molecule has 1 aliphatic rings. The molecule has 126 valence electrons. The van der Waals surface area contributed by atoms with Gasteiger partial charge < -0.3 is 5.11 Å². The van der Waals surface area contributed by atoms with Crippen molar-refractivity contribution in [3.8, 4) is 0 Å². The van der Waals surface area contributed by atoms with E-state index in [9.17, 15) is 14.7 Å². The fourth-order valence-electron chi connectivity index (χ4n) is 3.23. The van der Waals surface area contributed by atoms with Crippen LogP contribution < -0.4 is 5.56 Å². The van der Waals surface area contributed by atoms with Crippen molar-refractivity contribution in [1.82, 2.24) is 4.57 Å². The Morgan fingerprint density at radius 1 is 1.20 bits per heavy atom. The molecule has 6 heteroatoms. The van der Waals surface area contributed by atoms with Gasteiger partial charge in [-0.3, -0.25) is 9.36 Å². The lowest BCUT2D eigenvalue weighted by atomic mass is 9.99. The molecule has 0 fully saturated rings. The van der Waals surface area contributed by atoms with Crippen LogP contribution in [0.25, 0.3) is 10.8 Å². The maximum atomic E-state index is 12.7. The van der Waals surface area contributed by atoms with Crippen LogP contribution in [0.1, 0.15) is 17.2 Å². The minimum Gasteiger partial charge on any atom is -0.480 e. The van der Waals surface area contributed by atoms with Crippen LogP contribution in [0.4, 0.5) is 0 Å². The largest absolute Gasteiger partial charge is 0.480 e. The van der Waals surface area contributed by atoms with E-state index < -0.39 is 12.0 Å². The standard InChI is InChI=1S/C19H14BrNO3S/c20-17-13(8-12-6-3-5-11-4-1-2-7-14(11)12)9-16-21(18(17)22)15(10-25-16)19(23)24/h1-7,9,15H,8,10H2,(H,23,24). The predicted molar refractivity (Wildman–Crippen MR) is 103 cm³/mol. The molecule has 1 aromatic heterocycles. The molecule has 1 unspecified atom stereocenters. The zero-order valence-electron chi connectivity index (χ0n) is 13.1.